The van der Waals surface area contributed by atoms with Gasteiger partial charge in [0.05, 0.1) is 18.2 Å². The van der Waals surface area contributed by atoms with Crippen LogP contribution in [0.3, 0.4) is 0 Å². The summed E-state index contributed by atoms with van der Waals surface area (Å²) in [6, 6.07) is 9.55. The lowest BCUT2D eigenvalue weighted by Crippen LogP contribution is -1.87. The molecule has 3 heteroatoms. The van der Waals surface area contributed by atoms with Crippen molar-refractivity contribution in [3.63, 3.8) is 0 Å². The van der Waals surface area contributed by atoms with E-state index in [1.54, 1.807) is 7.11 Å². The van der Waals surface area contributed by atoms with Gasteiger partial charge in [0.25, 0.3) is 0 Å². The highest BCUT2D eigenvalue weighted by atomic mass is 35.5. The first-order chi connectivity index (χ1) is 7.72. The van der Waals surface area contributed by atoms with Crippen molar-refractivity contribution in [3.05, 3.63) is 35.4 Å². The van der Waals surface area contributed by atoms with E-state index in [2.05, 4.69) is 6.07 Å². The molecule has 0 aliphatic rings. The first-order valence-electron chi connectivity index (χ1n) is 5.16. The molecule has 84 valence electrons. The molecule has 0 saturated heterocycles. The average molecular weight is 236 g/mol. The van der Waals surface area contributed by atoms with E-state index >= 15 is 0 Å². The number of benzene rings is 1. The Morgan fingerprint density at radius 2 is 2.25 bits per heavy atom. The molecule has 16 heavy (non-hydrogen) atoms. The van der Waals surface area contributed by atoms with Gasteiger partial charge < -0.3 is 4.74 Å². The number of hydrogen-bond donors (Lipinski definition) is 0. The zero-order chi connectivity index (χ0) is 12.0. The predicted molar refractivity (Wildman–Crippen MR) is 66.3 cm³/mol. The van der Waals surface area contributed by atoms with Gasteiger partial charge in [0, 0.05) is 5.57 Å². The van der Waals surface area contributed by atoms with Crippen molar-refractivity contribution in [3.8, 4) is 11.8 Å². The molecular formula is C13H14ClNO. The molecule has 1 rings (SSSR count). The Labute approximate surface area is 101 Å². The Hall–Kier alpha value is -1.46. The Bertz CT molecular complexity index is 432. The Morgan fingerprint density at radius 3 is 2.81 bits per heavy atom. The van der Waals surface area contributed by atoms with Crippen LogP contribution in [0.15, 0.2) is 29.8 Å². The third-order valence-corrected chi connectivity index (χ3v) is 2.67. The maximum absolute atomic E-state index is 8.99. The molecule has 0 unspecified atom stereocenters. The summed E-state index contributed by atoms with van der Waals surface area (Å²) >= 11 is 6.18. The molecule has 2 nitrogen and oxygen atoms in total. The van der Waals surface area contributed by atoms with Crippen molar-refractivity contribution in [2.45, 2.75) is 19.8 Å². The number of methoxy groups -OCH3 is 1. The number of rotatable bonds is 4. The van der Waals surface area contributed by atoms with Crippen LogP contribution in [-0.2, 0) is 0 Å². The summed E-state index contributed by atoms with van der Waals surface area (Å²) in [6.45, 7) is 2.02. The molecule has 0 saturated carbocycles. The minimum absolute atomic E-state index is 0.517. The van der Waals surface area contributed by atoms with Crippen LogP contribution in [0.25, 0.3) is 5.03 Å². The Balaban J connectivity index is 3.11. The molecular weight excluding hydrogens is 222 g/mol. The number of halogens is 1. The van der Waals surface area contributed by atoms with Crippen LogP contribution >= 0.6 is 11.6 Å². The van der Waals surface area contributed by atoms with Crippen molar-refractivity contribution in [2.75, 3.05) is 7.11 Å². The van der Waals surface area contributed by atoms with Crippen LogP contribution in [0.4, 0.5) is 0 Å². The van der Waals surface area contributed by atoms with Crippen molar-refractivity contribution < 1.29 is 4.74 Å². The SMILES string of the molecule is CCCC(C#N)=C(Cl)c1cccc(OC)c1. The topological polar surface area (TPSA) is 33.0 Å². The number of nitrogens with zero attached hydrogens (tertiary/aromatic N) is 1. The quantitative estimate of drug-likeness (QED) is 0.740. The van der Waals surface area contributed by atoms with Gasteiger partial charge in [-0.1, -0.05) is 37.1 Å². The second-order valence-corrected chi connectivity index (χ2v) is 3.76. The summed E-state index contributed by atoms with van der Waals surface area (Å²) in [6.07, 6.45) is 1.61. The molecule has 0 atom stereocenters. The summed E-state index contributed by atoms with van der Waals surface area (Å²) in [5.41, 5.74) is 1.45. The van der Waals surface area contributed by atoms with Crippen molar-refractivity contribution in [2.24, 2.45) is 0 Å². The van der Waals surface area contributed by atoms with E-state index < -0.39 is 0 Å². The van der Waals surface area contributed by atoms with E-state index in [-0.39, 0.29) is 0 Å². The van der Waals surface area contributed by atoms with Gasteiger partial charge in [-0.3, -0.25) is 0 Å². The monoisotopic (exact) mass is 235 g/mol. The number of hydrogen-bond acceptors (Lipinski definition) is 2. The zero-order valence-electron chi connectivity index (χ0n) is 9.46. The van der Waals surface area contributed by atoms with Crippen molar-refractivity contribution in [1.82, 2.24) is 0 Å². The lowest BCUT2D eigenvalue weighted by Gasteiger charge is -2.05. The lowest BCUT2D eigenvalue weighted by atomic mass is 10.1. The van der Waals surface area contributed by atoms with E-state index in [4.69, 9.17) is 21.6 Å². The summed E-state index contributed by atoms with van der Waals surface area (Å²) in [4.78, 5) is 0. The normalized spacial score (nSPS) is 11.6. The van der Waals surface area contributed by atoms with E-state index in [0.717, 1.165) is 17.7 Å². The predicted octanol–water partition coefficient (Wildman–Crippen LogP) is 3.97. The third-order valence-electron chi connectivity index (χ3n) is 2.22. The van der Waals surface area contributed by atoms with Gasteiger partial charge >= 0.3 is 0 Å². The highest BCUT2D eigenvalue weighted by Crippen LogP contribution is 2.27. The van der Waals surface area contributed by atoms with Gasteiger partial charge in [-0.15, -0.1) is 0 Å². The van der Waals surface area contributed by atoms with E-state index in [0.29, 0.717) is 17.0 Å². The molecule has 0 spiro atoms. The maximum Gasteiger partial charge on any atom is 0.119 e. The summed E-state index contributed by atoms with van der Waals surface area (Å²) in [5.74, 6) is 0.740. The molecule has 0 aliphatic carbocycles. The standard InChI is InChI=1S/C13H14ClNO/c1-3-5-11(9-15)13(14)10-6-4-7-12(8-10)16-2/h4,6-8H,3,5H2,1-2H3. The van der Waals surface area contributed by atoms with Crippen LogP contribution in [-0.4, -0.2) is 7.11 Å². The number of nitriles is 1. The summed E-state index contributed by atoms with van der Waals surface area (Å²) in [7, 11) is 1.61. The van der Waals surface area contributed by atoms with Crippen LogP contribution in [0.2, 0.25) is 0 Å². The zero-order valence-corrected chi connectivity index (χ0v) is 10.2. The smallest absolute Gasteiger partial charge is 0.119 e. The van der Waals surface area contributed by atoms with Gasteiger partial charge in [0.1, 0.15) is 5.75 Å². The molecule has 0 heterocycles. The first kappa shape index (κ1) is 12.6. The van der Waals surface area contributed by atoms with Gasteiger partial charge in [-0.05, 0) is 24.1 Å². The third kappa shape index (κ3) is 3.01. The van der Waals surface area contributed by atoms with Crippen LogP contribution in [0.1, 0.15) is 25.3 Å². The fraction of sp³-hybridized carbons (Fsp3) is 0.308. The summed E-state index contributed by atoms with van der Waals surface area (Å²) in [5, 5.41) is 9.51. The van der Waals surface area contributed by atoms with Crippen LogP contribution in [0.5, 0.6) is 5.75 Å². The van der Waals surface area contributed by atoms with E-state index in [1.165, 1.54) is 0 Å². The van der Waals surface area contributed by atoms with E-state index in [9.17, 15) is 0 Å². The van der Waals surface area contributed by atoms with Crippen LogP contribution in [0, 0.1) is 11.3 Å². The molecule has 0 amide bonds. The van der Waals surface area contributed by atoms with Gasteiger partial charge in [0.2, 0.25) is 0 Å². The second-order valence-electron chi connectivity index (χ2n) is 3.39. The highest BCUT2D eigenvalue weighted by molar-refractivity contribution is 6.49. The van der Waals surface area contributed by atoms with Gasteiger partial charge in [0.15, 0.2) is 0 Å². The first-order valence-corrected chi connectivity index (χ1v) is 5.53. The fourth-order valence-corrected chi connectivity index (χ4v) is 1.65. The maximum atomic E-state index is 8.99. The lowest BCUT2D eigenvalue weighted by molar-refractivity contribution is 0.414. The molecule has 0 aliphatic heterocycles. The summed E-state index contributed by atoms with van der Waals surface area (Å²) < 4.78 is 5.11. The Morgan fingerprint density at radius 1 is 1.50 bits per heavy atom. The molecule has 0 N–H and O–H groups in total. The molecule has 0 aromatic heterocycles. The fourth-order valence-electron chi connectivity index (χ4n) is 1.40. The van der Waals surface area contributed by atoms with Gasteiger partial charge in [-0.2, -0.15) is 5.26 Å². The minimum Gasteiger partial charge on any atom is -0.497 e. The number of ether oxygens (including phenoxy) is 1. The van der Waals surface area contributed by atoms with Crippen molar-refractivity contribution >= 4 is 16.6 Å². The van der Waals surface area contributed by atoms with Gasteiger partial charge in [-0.25, -0.2) is 0 Å². The average Bonchev–Trinajstić information content (AvgIpc) is 2.35. The molecule has 1 aromatic carbocycles. The minimum atomic E-state index is 0.517. The number of allylic oxidation sites excluding steroid dienone is 1. The van der Waals surface area contributed by atoms with Crippen molar-refractivity contribution in [1.29, 1.82) is 5.26 Å². The molecule has 0 fully saturated rings. The highest BCUT2D eigenvalue weighted by Gasteiger charge is 2.06. The molecule has 0 bridgehead atoms. The second kappa shape index (κ2) is 6.19. The Kier molecular flexibility index (Phi) is 4.88. The van der Waals surface area contributed by atoms with Crippen LogP contribution < -0.4 is 4.74 Å². The molecule has 0 radical (unpaired) electrons. The van der Waals surface area contributed by atoms with E-state index in [1.807, 2.05) is 31.2 Å². The largest absolute Gasteiger partial charge is 0.497 e. The molecule has 1 aromatic rings.